The van der Waals surface area contributed by atoms with Crippen molar-refractivity contribution in [1.82, 2.24) is 29.4 Å². The van der Waals surface area contributed by atoms with Gasteiger partial charge in [-0.15, -0.1) is 0 Å². The summed E-state index contributed by atoms with van der Waals surface area (Å²) in [5, 5.41) is 8.15. The maximum Gasteiger partial charge on any atom is 0.324 e. The monoisotopic (exact) mass is 878 g/mol. The average molecular weight is 879 g/mol. The second kappa shape index (κ2) is 18.4. The summed E-state index contributed by atoms with van der Waals surface area (Å²) in [6.45, 7) is 1.44. The molecule has 6 N–H and O–H groups in total. The molecule has 21 heteroatoms. The SMILES string of the molecule is CC(C(N)=O)(N1CCN(S(=O)(=O)c2ccc(NC(=O)NCc3cccnc3)cc2)CC1)N(Cc1cccnc1)C(=O)Nc1ccc(S(=O)(=O)Nc2ccc(Cl)cc2F)cc1. The number of nitrogens with two attached hydrogens (primary N) is 1. The highest BCUT2D eigenvalue weighted by atomic mass is 35.5. The molecule has 60 heavy (non-hydrogen) atoms. The highest BCUT2D eigenvalue weighted by Gasteiger charge is 2.48. The quantitative estimate of drug-likeness (QED) is 0.104. The molecule has 6 rings (SSSR count). The smallest absolute Gasteiger partial charge is 0.324 e. The van der Waals surface area contributed by atoms with Crippen LogP contribution in [0.2, 0.25) is 5.02 Å². The number of carbonyl (C=O) groups excluding carboxylic acids is 3. The van der Waals surface area contributed by atoms with Crippen molar-refractivity contribution >= 4 is 66.7 Å². The number of nitrogens with one attached hydrogen (secondary N) is 4. The summed E-state index contributed by atoms with van der Waals surface area (Å²) in [6.07, 6.45) is 6.30. The molecule has 1 fully saturated rings. The van der Waals surface area contributed by atoms with Gasteiger partial charge in [0.2, 0.25) is 10.0 Å². The number of anilines is 3. The molecule has 5 amide bonds. The van der Waals surface area contributed by atoms with E-state index < -0.39 is 49.5 Å². The molecule has 1 aliphatic heterocycles. The first kappa shape index (κ1) is 43.4. The predicted molar refractivity (Wildman–Crippen MR) is 222 cm³/mol. The van der Waals surface area contributed by atoms with Crippen LogP contribution in [0.3, 0.4) is 0 Å². The minimum absolute atomic E-state index is 0.00000464. The molecule has 314 valence electrons. The maximum absolute atomic E-state index is 14.3. The molecular weight excluding hydrogens is 839 g/mol. The Morgan fingerprint density at radius 1 is 0.817 bits per heavy atom. The van der Waals surface area contributed by atoms with Crippen LogP contribution in [-0.2, 0) is 37.9 Å². The van der Waals surface area contributed by atoms with Gasteiger partial charge in [-0.25, -0.2) is 30.8 Å². The molecule has 1 saturated heterocycles. The molecule has 1 unspecified atom stereocenters. The van der Waals surface area contributed by atoms with E-state index in [1.807, 2.05) is 6.07 Å². The fourth-order valence-corrected chi connectivity index (χ4v) is 8.97. The largest absolute Gasteiger partial charge is 0.366 e. The van der Waals surface area contributed by atoms with Gasteiger partial charge in [-0.05, 0) is 96.9 Å². The summed E-state index contributed by atoms with van der Waals surface area (Å²) < 4.78 is 71.2. The first-order chi connectivity index (χ1) is 28.6. The lowest BCUT2D eigenvalue weighted by Gasteiger charge is -2.48. The Bertz CT molecular complexity index is 2550. The van der Waals surface area contributed by atoms with Crippen molar-refractivity contribution in [2.75, 3.05) is 41.5 Å². The van der Waals surface area contributed by atoms with Gasteiger partial charge >= 0.3 is 12.1 Å². The number of urea groups is 2. The fraction of sp³-hybridized carbons (Fsp3) is 0.205. The van der Waals surface area contributed by atoms with Gasteiger partial charge in [0.05, 0.1) is 22.0 Å². The Morgan fingerprint density at radius 2 is 1.40 bits per heavy atom. The fourth-order valence-electron chi connectivity index (χ4n) is 6.33. The predicted octanol–water partition coefficient (Wildman–Crippen LogP) is 4.63. The molecule has 1 atom stereocenters. The van der Waals surface area contributed by atoms with Crippen molar-refractivity contribution in [3.63, 3.8) is 0 Å². The van der Waals surface area contributed by atoms with Crippen LogP contribution < -0.4 is 26.4 Å². The molecule has 0 saturated carbocycles. The Morgan fingerprint density at radius 3 is 1.97 bits per heavy atom. The number of hydrogen-bond donors (Lipinski definition) is 5. The van der Waals surface area contributed by atoms with E-state index in [2.05, 4.69) is 30.6 Å². The minimum Gasteiger partial charge on any atom is -0.366 e. The second-order valence-electron chi connectivity index (χ2n) is 13.6. The number of rotatable bonds is 14. The van der Waals surface area contributed by atoms with E-state index in [0.717, 1.165) is 11.6 Å². The van der Waals surface area contributed by atoms with Crippen LogP contribution in [0.15, 0.2) is 126 Å². The van der Waals surface area contributed by atoms with Gasteiger partial charge in [0.15, 0.2) is 5.66 Å². The van der Waals surface area contributed by atoms with Gasteiger partial charge in [0, 0.05) is 73.9 Å². The van der Waals surface area contributed by atoms with E-state index in [-0.39, 0.29) is 65.5 Å². The third-order valence-corrected chi connectivity index (χ3v) is 13.2. The highest BCUT2D eigenvalue weighted by molar-refractivity contribution is 7.92. The third kappa shape index (κ3) is 10.1. The number of aromatic nitrogens is 2. The number of sulfonamides is 2. The molecular formula is C39H40ClFN10O7S2. The van der Waals surface area contributed by atoms with Crippen LogP contribution in [0.4, 0.5) is 31.0 Å². The second-order valence-corrected chi connectivity index (χ2v) is 17.7. The number of amides is 5. The van der Waals surface area contributed by atoms with Crippen molar-refractivity contribution in [2.45, 2.75) is 35.5 Å². The zero-order chi connectivity index (χ0) is 43.1. The summed E-state index contributed by atoms with van der Waals surface area (Å²) in [7, 11) is -8.27. The number of halogens is 2. The van der Waals surface area contributed by atoms with Gasteiger partial charge in [0.25, 0.3) is 15.9 Å². The van der Waals surface area contributed by atoms with E-state index >= 15 is 0 Å². The lowest BCUT2D eigenvalue weighted by Crippen LogP contribution is -2.70. The van der Waals surface area contributed by atoms with Crippen LogP contribution >= 0.6 is 11.6 Å². The van der Waals surface area contributed by atoms with Crippen LogP contribution in [0.1, 0.15) is 18.1 Å². The molecule has 3 aromatic carbocycles. The number of pyridine rings is 2. The lowest BCUT2D eigenvalue weighted by atomic mass is 10.0. The zero-order valence-corrected chi connectivity index (χ0v) is 34.3. The van der Waals surface area contributed by atoms with Crippen molar-refractivity contribution in [1.29, 1.82) is 0 Å². The van der Waals surface area contributed by atoms with Crippen molar-refractivity contribution in [2.24, 2.45) is 5.73 Å². The van der Waals surface area contributed by atoms with Crippen LogP contribution in [0.25, 0.3) is 0 Å². The highest BCUT2D eigenvalue weighted by Crippen LogP contribution is 2.29. The summed E-state index contributed by atoms with van der Waals surface area (Å²) in [4.78, 5) is 50.7. The van der Waals surface area contributed by atoms with Crippen LogP contribution in [0.5, 0.6) is 0 Å². The molecule has 17 nitrogen and oxygen atoms in total. The first-order valence-electron chi connectivity index (χ1n) is 18.2. The topological polar surface area (TPSA) is 229 Å². The molecule has 5 aromatic rings. The molecule has 1 aliphatic rings. The molecule has 2 aromatic heterocycles. The normalized spacial score (nSPS) is 14.7. The van der Waals surface area contributed by atoms with E-state index in [1.54, 1.807) is 41.7 Å². The summed E-state index contributed by atoms with van der Waals surface area (Å²) in [5.41, 5.74) is 5.81. The van der Waals surface area contributed by atoms with E-state index in [0.29, 0.717) is 11.3 Å². The number of hydrogen-bond acceptors (Lipinski definition) is 10. The van der Waals surface area contributed by atoms with E-state index in [4.69, 9.17) is 17.3 Å². The van der Waals surface area contributed by atoms with Crippen molar-refractivity contribution in [3.05, 3.63) is 138 Å². The first-order valence-corrected chi connectivity index (χ1v) is 21.5. The van der Waals surface area contributed by atoms with Gasteiger partial charge < -0.3 is 21.7 Å². The molecule has 0 radical (unpaired) electrons. The summed E-state index contributed by atoms with van der Waals surface area (Å²) in [5.74, 6) is -1.77. The summed E-state index contributed by atoms with van der Waals surface area (Å²) in [6, 6.07) is 19.9. The standard InChI is InChI=1S/C39H40ClFN10O7S2/c1-39(36(42)52,49-18-20-50(21-19-49)60(57,58)33-13-9-30(10-14-33)46-37(53)45-25-27-4-2-16-43-23-27)51(26-28-5-3-17-44-24-28)38(54)47-31-7-11-32(12-8-31)59(55,56)48-35-15-6-29(40)22-34(35)41/h2-17,22-24,48H,18-21,25-26H2,1H3,(H2,42,52)(H,47,54)(H2,45,46,53). The Labute approximate surface area is 350 Å². The van der Waals surface area contributed by atoms with Gasteiger partial charge in [-0.1, -0.05) is 23.7 Å². The van der Waals surface area contributed by atoms with E-state index in [1.165, 1.54) is 83.0 Å². The maximum atomic E-state index is 14.3. The third-order valence-electron chi connectivity index (χ3n) is 9.67. The zero-order valence-electron chi connectivity index (χ0n) is 32.0. The average Bonchev–Trinajstić information content (AvgIpc) is 3.24. The molecule has 0 aliphatic carbocycles. The van der Waals surface area contributed by atoms with Gasteiger partial charge in [-0.3, -0.25) is 29.3 Å². The Kier molecular flexibility index (Phi) is 13.3. The van der Waals surface area contributed by atoms with Crippen molar-refractivity contribution in [3.8, 4) is 0 Å². The Balaban J connectivity index is 1.14. The molecule has 0 bridgehead atoms. The number of primary amides is 1. The lowest BCUT2D eigenvalue weighted by molar-refractivity contribution is -0.141. The molecule has 0 spiro atoms. The summed E-state index contributed by atoms with van der Waals surface area (Å²) >= 11 is 5.78. The van der Waals surface area contributed by atoms with Crippen molar-refractivity contribution < 1.29 is 35.6 Å². The van der Waals surface area contributed by atoms with Gasteiger partial charge in [0.1, 0.15) is 5.82 Å². The number of nitrogens with zero attached hydrogens (tertiary/aromatic N) is 5. The number of carbonyl (C=O) groups is 3. The number of benzene rings is 3. The van der Waals surface area contributed by atoms with Gasteiger partial charge in [-0.2, -0.15) is 4.31 Å². The number of piperazine rings is 1. The minimum atomic E-state index is -4.25. The van der Waals surface area contributed by atoms with E-state index in [9.17, 15) is 35.6 Å². The molecule has 3 heterocycles. The van der Waals surface area contributed by atoms with Crippen LogP contribution in [0, 0.1) is 5.82 Å². The van der Waals surface area contributed by atoms with Crippen LogP contribution in [-0.4, -0.2) is 90.7 Å². The Hall–Kier alpha value is -6.19.